The van der Waals surface area contributed by atoms with E-state index in [2.05, 4.69) is 0 Å². The maximum Gasteiger partial charge on any atom is 0.410 e. The molecule has 92 valence electrons. The summed E-state index contributed by atoms with van der Waals surface area (Å²) in [5.74, 6) is 0. The minimum atomic E-state index is -0.401. The minimum Gasteiger partial charge on any atom is -0.445 e. The van der Waals surface area contributed by atoms with Crippen LogP contribution < -0.4 is 0 Å². The molecular formula is C13H17NO3. The summed E-state index contributed by atoms with van der Waals surface area (Å²) in [6, 6.07) is 7.87. The standard InChI is InChI=1S/C13H17NO3/c1-10-2-4-11(5-3-10)9-17-13(16)14-7-6-12(15)8-14/h2-5,12,15H,6-9H2,1H3. The molecule has 1 N–H and O–H groups in total. The van der Waals surface area contributed by atoms with Crippen LogP contribution in [0.15, 0.2) is 24.3 Å². The van der Waals surface area contributed by atoms with Crippen molar-refractivity contribution in [3.63, 3.8) is 0 Å². The second-order valence-corrected chi connectivity index (χ2v) is 4.43. The number of ether oxygens (including phenoxy) is 1. The van der Waals surface area contributed by atoms with Crippen LogP contribution in [0.5, 0.6) is 0 Å². The summed E-state index contributed by atoms with van der Waals surface area (Å²) in [7, 11) is 0. The second-order valence-electron chi connectivity index (χ2n) is 4.43. The Morgan fingerprint density at radius 1 is 1.47 bits per heavy atom. The molecule has 0 aliphatic carbocycles. The molecule has 1 aliphatic rings. The highest BCUT2D eigenvalue weighted by atomic mass is 16.6. The second kappa shape index (κ2) is 5.19. The van der Waals surface area contributed by atoms with Gasteiger partial charge in [-0.25, -0.2) is 4.79 Å². The van der Waals surface area contributed by atoms with Crippen LogP contribution >= 0.6 is 0 Å². The molecule has 1 aliphatic heterocycles. The summed E-state index contributed by atoms with van der Waals surface area (Å²) in [5, 5.41) is 9.31. The topological polar surface area (TPSA) is 49.8 Å². The fourth-order valence-corrected chi connectivity index (χ4v) is 1.83. The van der Waals surface area contributed by atoms with E-state index in [1.165, 1.54) is 5.56 Å². The number of amides is 1. The van der Waals surface area contributed by atoms with Crippen molar-refractivity contribution in [1.82, 2.24) is 4.90 Å². The Balaban J connectivity index is 1.82. The number of hydrogen-bond donors (Lipinski definition) is 1. The third kappa shape index (κ3) is 3.20. The Bertz CT molecular complexity index is 388. The van der Waals surface area contributed by atoms with Crippen LogP contribution in [-0.4, -0.2) is 35.3 Å². The molecule has 1 unspecified atom stereocenters. The monoisotopic (exact) mass is 235 g/mol. The Kier molecular flexibility index (Phi) is 3.64. The Labute approximate surface area is 101 Å². The third-order valence-electron chi connectivity index (χ3n) is 2.90. The number of aryl methyl sites for hydroxylation is 1. The molecule has 0 radical (unpaired) electrons. The van der Waals surface area contributed by atoms with Gasteiger partial charge in [-0.3, -0.25) is 0 Å². The van der Waals surface area contributed by atoms with Crippen LogP contribution in [0.4, 0.5) is 4.79 Å². The first-order valence-corrected chi connectivity index (χ1v) is 5.80. The van der Waals surface area contributed by atoms with E-state index in [1.54, 1.807) is 4.90 Å². The minimum absolute atomic E-state index is 0.283. The van der Waals surface area contributed by atoms with Crippen LogP contribution in [0.25, 0.3) is 0 Å². The van der Waals surface area contributed by atoms with E-state index < -0.39 is 6.10 Å². The van der Waals surface area contributed by atoms with Crippen LogP contribution in [-0.2, 0) is 11.3 Å². The van der Waals surface area contributed by atoms with Gasteiger partial charge < -0.3 is 14.7 Å². The summed E-state index contributed by atoms with van der Waals surface area (Å²) in [5.41, 5.74) is 2.16. The lowest BCUT2D eigenvalue weighted by Gasteiger charge is -2.15. The van der Waals surface area contributed by atoms with Crippen LogP contribution in [0.3, 0.4) is 0 Å². The normalized spacial score (nSPS) is 19.4. The van der Waals surface area contributed by atoms with Gasteiger partial charge in [0.15, 0.2) is 0 Å². The van der Waals surface area contributed by atoms with Crippen LogP contribution in [0.1, 0.15) is 17.5 Å². The SMILES string of the molecule is Cc1ccc(COC(=O)N2CCC(O)C2)cc1. The Hall–Kier alpha value is -1.55. The lowest BCUT2D eigenvalue weighted by Crippen LogP contribution is -2.30. The quantitative estimate of drug-likeness (QED) is 0.848. The van der Waals surface area contributed by atoms with Gasteiger partial charge in [-0.15, -0.1) is 0 Å². The van der Waals surface area contributed by atoms with Crippen molar-refractivity contribution < 1.29 is 14.6 Å². The number of hydrogen-bond acceptors (Lipinski definition) is 3. The van der Waals surface area contributed by atoms with Gasteiger partial charge in [0.2, 0.25) is 0 Å². The molecule has 1 saturated heterocycles. The maximum atomic E-state index is 11.6. The van der Waals surface area contributed by atoms with E-state index in [0.29, 0.717) is 19.5 Å². The summed E-state index contributed by atoms with van der Waals surface area (Å²) in [6.07, 6.45) is -0.108. The summed E-state index contributed by atoms with van der Waals surface area (Å²) in [6.45, 7) is 3.26. The van der Waals surface area contributed by atoms with E-state index in [9.17, 15) is 9.90 Å². The molecule has 1 amide bonds. The number of aliphatic hydroxyl groups excluding tert-OH is 1. The van der Waals surface area contributed by atoms with Crippen molar-refractivity contribution in [3.8, 4) is 0 Å². The average Bonchev–Trinajstić information content (AvgIpc) is 2.75. The maximum absolute atomic E-state index is 11.6. The van der Waals surface area contributed by atoms with Gasteiger partial charge in [0, 0.05) is 13.1 Å². The smallest absolute Gasteiger partial charge is 0.410 e. The van der Waals surface area contributed by atoms with Gasteiger partial charge >= 0.3 is 6.09 Å². The number of rotatable bonds is 2. The van der Waals surface area contributed by atoms with E-state index in [0.717, 1.165) is 5.56 Å². The molecule has 1 fully saturated rings. The van der Waals surface area contributed by atoms with E-state index in [4.69, 9.17) is 4.74 Å². The third-order valence-corrected chi connectivity index (χ3v) is 2.90. The van der Waals surface area contributed by atoms with Gasteiger partial charge in [-0.05, 0) is 18.9 Å². The van der Waals surface area contributed by atoms with Crippen molar-refractivity contribution in [1.29, 1.82) is 0 Å². The number of aliphatic hydroxyl groups is 1. The highest BCUT2D eigenvalue weighted by Crippen LogP contribution is 2.11. The Morgan fingerprint density at radius 2 is 2.18 bits per heavy atom. The van der Waals surface area contributed by atoms with Crippen molar-refractivity contribution in [3.05, 3.63) is 35.4 Å². The van der Waals surface area contributed by atoms with Crippen molar-refractivity contribution in [2.75, 3.05) is 13.1 Å². The predicted octanol–water partition coefficient (Wildman–Crippen LogP) is 1.70. The molecule has 1 atom stereocenters. The van der Waals surface area contributed by atoms with Crippen LogP contribution in [0, 0.1) is 6.92 Å². The highest BCUT2D eigenvalue weighted by Gasteiger charge is 2.25. The number of β-amino-alcohol motifs (C(OH)–C–C–N with tert-alkyl or cyclic N) is 1. The van der Waals surface area contributed by atoms with Gasteiger partial charge in [0.25, 0.3) is 0 Å². The molecule has 0 aromatic heterocycles. The number of carbonyl (C=O) groups is 1. The van der Waals surface area contributed by atoms with Gasteiger partial charge in [0.1, 0.15) is 6.61 Å². The molecule has 0 saturated carbocycles. The molecule has 17 heavy (non-hydrogen) atoms. The zero-order valence-electron chi connectivity index (χ0n) is 9.93. The summed E-state index contributed by atoms with van der Waals surface area (Å²) in [4.78, 5) is 13.2. The van der Waals surface area contributed by atoms with Crippen molar-refractivity contribution in [2.24, 2.45) is 0 Å². The Morgan fingerprint density at radius 3 is 2.76 bits per heavy atom. The first kappa shape index (κ1) is 11.9. The average molecular weight is 235 g/mol. The number of benzene rings is 1. The molecule has 4 heteroatoms. The molecule has 0 bridgehead atoms. The van der Waals surface area contributed by atoms with Gasteiger partial charge in [-0.2, -0.15) is 0 Å². The van der Waals surface area contributed by atoms with E-state index in [-0.39, 0.29) is 12.7 Å². The lowest BCUT2D eigenvalue weighted by atomic mass is 10.2. The molecule has 1 aromatic rings. The first-order chi connectivity index (χ1) is 8.15. The van der Waals surface area contributed by atoms with Crippen molar-refractivity contribution >= 4 is 6.09 Å². The fourth-order valence-electron chi connectivity index (χ4n) is 1.83. The summed E-state index contributed by atoms with van der Waals surface area (Å²) >= 11 is 0. The highest BCUT2D eigenvalue weighted by molar-refractivity contribution is 5.68. The number of carbonyl (C=O) groups excluding carboxylic acids is 1. The van der Waals surface area contributed by atoms with Gasteiger partial charge in [-0.1, -0.05) is 29.8 Å². The van der Waals surface area contributed by atoms with Crippen molar-refractivity contribution in [2.45, 2.75) is 26.1 Å². The van der Waals surface area contributed by atoms with Gasteiger partial charge in [0.05, 0.1) is 6.10 Å². The first-order valence-electron chi connectivity index (χ1n) is 5.80. The fraction of sp³-hybridized carbons (Fsp3) is 0.462. The molecule has 1 heterocycles. The number of likely N-dealkylation sites (tertiary alicyclic amines) is 1. The zero-order valence-corrected chi connectivity index (χ0v) is 9.93. The zero-order chi connectivity index (χ0) is 12.3. The largest absolute Gasteiger partial charge is 0.445 e. The molecule has 2 rings (SSSR count). The predicted molar refractivity (Wildman–Crippen MR) is 63.6 cm³/mol. The lowest BCUT2D eigenvalue weighted by molar-refractivity contribution is 0.0971. The molecule has 1 aromatic carbocycles. The molecule has 0 spiro atoms. The van der Waals surface area contributed by atoms with E-state index in [1.807, 2.05) is 31.2 Å². The van der Waals surface area contributed by atoms with E-state index >= 15 is 0 Å². The molecular weight excluding hydrogens is 218 g/mol. The molecule has 4 nitrogen and oxygen atoms in total. The summed E-state index contributed by atoms with van der Waals surface area (Å²) < 4.78 is 5.18. The number of nitrogens with zero attached hydrogens (tertiary/aromatic N) is 1. The van der Waals surface area contributed by atoms with Crippen LogP contribution in [0.2, 0.25) is 0 Å².